The maximum absolute atomic E-state index is 13.5. The van der Waals surface area contributed by atoms with E-state index in [9.17, 15) is 13.6 Å². The summed E-state index contributed by atoms with van der Waals surface area (Å²) in [5.74, 6) is -0.235. The highest BCUT2D eigenvalue weighted by Gasteiger charge is 2.12. The minimum absolute atomic E-state index is 0.0821. The molecule has 0 unspecified atom stereocenters. The third-order valence-corrected chi connectivity index (χ3v) is 3.51. The molecule has 6 heteroatoms. The van der Waals surface area contributed by atoms with Gasteiger partial charge in [0.25, 0.3) is 5.91 Å². The van der Waals surface area contributed by atoms with Crippen LogP contribution in [0.3, 0.4) is 0 Å². The van der Waals surface area contributed by atoms with Crippen LogP contribution in [0.2, 0.25) is 0 Å². The van der Waals surface area contributed by atoms with Gasteiger partial charge in [-0.15, -0.1) is 0 Å². The second-order valence-electron chi connectivity index (χ2n) is 5.43. The Morgan fingerprint density at radius 2 is 1.84 bits per heavy atom. The second-order valence-corrected chi connectivity index (χ2v) is 5.43. The molecule has 2 aromatic carbocycles. The number of hydrogen-bond acceptors (Lipinski definition) is 3. The normalized spacial score (nSPS) is 10.5. The summed E-state index contributed by atoms with van der Waals surface area (Å²) in [5.41, 5.74) is 0.838. The Bertz CT molecular complexity index is 888. The largest absolute Gasteiger partial charge is 0.486 e. The third kappa shape index (κ3) is 4.23. The fourth-order valence-electron chi connectivity index (χ4n) is 2.13. The van der Waals surface area contributed by atoms with Crippen molar-refractivity contribution in [2.24, 2.45) is 0 Å². The van der Waals surface area contributed by atoms with Gasteiger partial charge in [-0.3, -0.25) is 4.79 Å². The summed E-state index contributed by atoms with van der Waals surface area (Å²) in [6, 6.07) is 13.1. The maximum Gasteiger partial charge on any atom is 0.291 e. The molecule has 0 saturated heterocycles. The average molecular weight is 343 g/mol. The molecule has 0 spiro atoms. The van der Waals surface area contributed by atoms with Crippen LogP contribution in [0.25, 0.3) is 0 Å². The summed E-state index contributed by atoms with van der Waals surface area (Å²) in [6.07, 6.45) is 0. The number of aryl methyl sites for hydroxylation is 1. The number of carbonyl (C=O) groups excluding carboxylic acids is 1. The number of amides is 1. The van der Waals surface area contributed by atoms with E-state index < -0.39 is 11.7 Å². The van der Waals surface area contributed by atoms with E-state index in [0.29, 0.717) is 22.8 Å². The monoisotopic (exact) mass is 343 g/mol. The fourth-order valence-corrected chi connectivity index (χ4v) is 2.13. The lowest BCUT2D eigenvalue weighted by Crippen LogP contribution is -2.11. The number of benzene rings is 2. The van der Waals surface area contributed by atoms with E-state index in [4.69, 9.17) is 9.15 Å². The van der Waals surface area contributed by atoms with Crippen molar-refractivity contribution in [3.63, 3.8) is 0 Å². The van der Waals surface area contributed by atoms with Crippen LogP contribution in [0.4, 0.5) is 14.5 Å². The number of furan rings is 1. The highest BCUT2D eigenvalue weighted by molar-refractivity contribution is 6.02. The number of anilines is 1. The minimum atomic E-state index is -0.490. The minimum Gasteiger partial charge on any atom is -0.486 e. The first-order valence-corrected chi connectivity index (χ1v) is 7.56. The number of carbonyl (C=O) groups is 1. The summed E-state index contributed by atoms with van der Waals surface area (Å²) in [6.45, 7) is 1.74. The van der Waals surface area contributed by atoms with E-state index in [1.807, 2.05) is 0 Å². The molecule has 0 bridgehead atoms. The van der Waals surface area contributed by atoms with E-state index >= 15 is 0 Å². The Balaban J connectivity index is 1.61. The zero-order chi connectivity index (χ0) is 17.8. The first-order chi connectivity index (χ1) is 12.0. The molecule has 0 atom stereocenters. The lowest BCUT2D eigenvalue weighted by atomic mass is 10.2. The molecule has 25 heavy (non-hydrogen) atoms. The van der Waals surface area contributed by atoms with Gasteiger partial charge in [-0.2, -0.15) is 0 Å². The first-order valence-electron chi connectivity index (χ1n) is 7.56. The predicted molar refractivity (Wildman–Crippen MR) is 88.5 cm³/mol. The van der Waals surface area contributed by atoms with Crippen LogP contribution < -0.4 is 10.1 Å². The molecule has 4 nitrogen and oxygen atoms in total. The lowest BCUT2D eigenvalue weighted by molar-refractivity contribution is 0.0992. The number of halogens is 2. The molecule has 0 saturated carbocycles. The highest BCUT2D eigenvalue weighted by Crippen LogP contribution is 2.17. The molecule has 3 rings (SSSR count). The molecule has 1 N–H and O–H groups in total. The summed E-state index contributed by atoms with van der Waals surface area (Å²) in [4.78, 5) is 12.1. The molecule has 0 radical (unpaired) electrons. The second kappa shape index (κ2) is 7.17. The summed E-state index contributed by atoms with van der Waals surface area (Å²) < 4.78 is 37.2. The Morgan fingerprint density at radius 3 is 2.56 bits per heavy atom. The van der Waals surface area contributed by atoms with Crippen molar-refractivity contribution < 1.29 is 22.7 Å². The number of ether oxygens (including phenoxy) is 1. The SMILES string of the molecule is Cc1ccc(NC(=O)c2ccc(COc3ccc(F)cc3)o2)cc1F. The smallest absolute Gasteiger partial charge is 0.291 e. The van der Waals surface area contributed by atoms with E-state index in [2.05, 4.69) is 5.32 Å². The molecule has 0 fully saturated rings. The van der Waals surface area contributed by atoms with Crippen LogP contribution in [0.5, 0.6) is 5.75 Å². The van der Waals surface area contributed by atoms with Crippen LogP contribution >= 0.6 is 0 Å². The molecular formula is C19H15F2NO3. The number of rotatable bonds is 5. The predicted octanol–water partition coefficient (Wildman–Crippen LogP) is 4.70. The van der Waals surface area contributed by atoms with Gasteiger partial charge >= 0.3 is 0 Å². The molecular weight excluding hydrogens is 328 g/mol. The molecule has 128 valence electrons. The van der Waals surface area contributed by atoms with Gasteiger partial charge in [-0.25, -0.2) is 8.78 Å². The third-order valence-electron chi connectivity index (χ3n) is 3.51. The van der Waals surface area contributed by atoms with Crippen LogP contribution in [-0.2, 0) is 6.61 Å². The Kier molecular flexibility index (Phi) is 4.79. The highest BCUT2D eigenvalue weighted by atomic mass is 19.1. The van der Waals surface area contributed by atoms with Gasteiger partial charge in [0.2, 0.25) is 0 Å². The average Bonchev–Trinajstić information content (AvgIpc) is 3.07. The summed E-state index contributed by atoms with van der Waals surface area (Å²) in [7, 11) is 0. The van der Waals surface area contributed by atoms with Crippen molar-refractivity contribution in [3.05, 3.63) is 83.3 Å². The van der Waals surface area contributed by atoms with Crippen molar-refractivity contribution >= 4 is 11.6 Å². The zero-order valence-corrected chi connectivity index (χ0v) is 13.4. The maximum atomic E-state index is 13.5. The van der Waals surface area contributed by atoms with Crippen LogP contribution in [-0.4, -0.2) is 5.91 Å². The molecule has 1 aromatic heterocycles. The molecule has 0 aliphatic rings. The summed E-state index contributed by atoms with van der Waals surface area (Å²) >= 11 is 0. The van der Waals surface area contributed by atoms with E-state index in [1.165, 1.54) is 36.4 Å². The van der Waals surface area contributed by atoms with Crippen molar-refractivity contribution in [1.29, 1.82) is 0 Å². The Labute approximate surface area is 143 Å². The Morgan fingerprint density at radius 1 is 1.08 bits per heavy atom. The van der Waals surface area contributed by atoms with Crippen molar-refractivity contribution in [2.75, 3.05) is 5.32 Å². The summed E-state index contributed by atoms with van der Waals surface area (Å²) in [5, 5.41) is 2.56. The molecule has 3 aromatic rings. The van der Waals surface area contributed by atoms with Crippen molar-refractivity contribution in [3.8, 4) is 5.75 Å². The van der Waals surface area contributed by atoms with Gasteiger partial charge in [-0.1, -0.05) is 6.07 Å². The van der Waals surface area contributed by atoms with Gasteiger partial charge in [0.1, 0.15) is 29.8 Å². The lowest BCUT2D eigenvalue weighted by Gasteiger charge is -2.05. The topological polar surface area (TPSA) is 51.5 Å². The van der Waals surface area contributed by atoms with Gasteiger partial charge < -0.3 is 14.5 Å². The fraction of sp³-hybridized carbons (Fsp3) is 0.105. The first kappa shape index (κ1) is 16.7. The molecule has 1 amide bonds. The quantitative estimate of drug-likeness (QED) is 0.731. The number of nitrogens with one attached hydrogen (secondary N) is 1. The number of hydrogen-bond donors (Lipinski definition) is 1. The standard InChI is InChI=1S/C19H15F2NO3/c1-12-2-5-14(10-17(12)21)22-19(23)18-9-8-16(25-18)11-24-15-6-3-13(20)4-7-15/h2-10H,11H2,1H3,(H,22,23). The van der Waals surface area contributed by atoms with Crippen LogP contribution in [0.1, 0.15) is 21.9 Å². The van der Waals surface area contributed by atoms with Gasteiger partial charge in [-0.05, 0) is 61.0 Å². The van der Waals surface area contributed by atoms with Gasteiger partial charge in [0, 0.05) is 5.69 Å². The molecule has 1 heterocycles. The molecule has 0 aliphatic heterocycles. The van der Waals surface area contributed by atoms with Crippen LogP contribution in [0.15, 0.2) is 59.0 Å². The van der Waals surface area contributed by atoms with Gasteiger partial charge in [0.05, 0.1) is 0 Å². The van der Waals surface area contributed by atoms with E-state index in [-0.39, 0.29) is 18.2 Å². The van der Waals surface area contributed by atoms with Crippen LogP contribution in [0, 0.1) is 18.6 Å². The Hall–Kier alpha value is -3.15. The van der Waals surface area contributed by atoms with Crippen molar-refractivity contribution in [1.82, 2.24) is 0 Å². The van der Waals surface area contributed by atoms with Gasteiger partial charge in [0.15, 0.2) is 5.76 Å². The van der Waals surface area contributed by atoms with E-state index in [0.717, 1.165) is 0 Å². The van der Waals surface area contributed by atoms with E-state index in [1.54, 1.807) is 25.1 Å². The van der Waals surface area contributed by atoms with Crippen molar-refractivity contribution in [2.45, 2.75) is 13.5 Å². The molecule has 0 aliphatic carbocycles. The zero-order valence-electron chi connectivity index (χ0n) is 13.4.